The summed E-state index contributed by atoms with van der Waals surface area (Å²) in [6, 6.07) is 0. The lowest BCUT2D eigenvalue weighted by Gasteiger charge is -2.26. The average Bonchev–Trinajstić information content (AvgIpc) is 2.60. The standard InChI is InChI=1S/C10H20N2O2/c1-4-11-7-8-12(5-2)9(11)10(13)14-6-3/h9H,4-8H2,1-3H3. The van der Waals surface area contributed by atoms with Gasteiger partial charge >= 0.3 is 5.97 Å². The van der Waals surface area contributed by atoms with E-state index in [0.717, 1.165) is 26.2 Å². The molecule has 82 valence electrons. The molecule has 0 aromatic rings. The first-order chi connectivity index (χ1) is 6.74. The smallest absolute Gasteiger partial charge is 0.338 e. The fourth-order valence-electron chi connectivity index (χ4n) is 1.91. The van der Waals surface area contributed by atoms with E-state index in [1.54, 1.807) is 0 Å². The Balaban J connectivity index is 2.63. The van der Waals surface area contributed by atoms with Crippen molar-refractivity contribution in [3.05, 3.63) is 0 Å². The van der Waals surface area contributed by atoms with Crippen LogP contribution in [0.3, 0.4) is 0 Å². The van der Waals surface area contributed by atoms with Gasteiger partial charge < -0.3 is 4.74 Å². The Bertz CT molecular complexity index is 185. The van der Waals surface area contributed by atoms with Crippen LogP contribution in [-0.2, 0) is 9.53 Å². The Morgan fingerprint density at radius 3 is 2.07 bits per heavy atom. The minimum absolute atomic E-state index is 0.103. The highest BCUT2D eigenvalue weighted by Crippen LogP contribution is 2.14. The first-order valence-corrected chi connectivity index (χ1v) is 5.39. The summed E-state index contributed by atoms with van der Waals surface area (Å²) in [5.74, 6) is -0.103. The van der Waals surface area contributed by atoms with Crippen molar-refractivity contribution in [1.82, 2.24) is 9.80 Å². The summed E-state index contributed by atoms with van der Waals surface area (Å²) in [6.07, 6.45) is -0.148. The van der Waals surface area contributed by atoms with Gasteiger partial charge in [-0.05, 0) is 20.0 Å². The maximum Gasteiger partial charge on any atom is 0.338 e. The van der Waals surface area contributed by atoms with Crippen molar-refractivity contribution < 1.29 is 9.53 Å². The monoisotopic (exact) mass is 200 g/mol. The van der Waals surface area contributed by atoms with Gasteiger partial charge in [-0.1, -0.05) is 13.8 Å². The lowest BCUT2D eigenvalue weighted by Crippen LogP contribution is -2.45. The summed E-state index contributed by atoms with van der Waals surface area (Å²) in [5.41, 5.74) is 0. The van der Waals surface area contributed by atoms with E-state index >= 15 is 0 Å². The molecule has 4 heteroatoms. The van der Waals surface area contributed by atoms with Crippen LogP contribution < -0.4 is 0 Å². The number of esters is 1. The number of ether oxygens (including phenoxy) is 1. The molecule has 0 bridgehead atoms. The van der Waals surface area contributed by atoms with Crippen molar-refractivity contribution in [3.63, 3.8) is 0 Å². The van der Waals surface area contributed by atoms with Gasteiger partial charge in [0.1, 0.15) is 0 Å². The van der Waals surface area contributed by atoms with Gasteiger partial charge in [0, 0.05) is 13.1 Å². The van der Waals surface area contributed by atoms with Crippen molar-refractivity contribution in [2.24, 2.45) is 0 Å². The fraction of sp³-hybridized carbons (Fsp3) is 0.900. The highest BCUT2D eigenvalue weighted by atomic mass is 16.5. The molecule has 1 aliphatic heterocycles. The van der Waals surface area contributed by atoms with Crippen molar-refractivity contribution in [2.45, 2.75) is 26.9 Å². The highest BCUT2D eigenvalue weighted by molar-refractivity contribution is 5.75. The molecule has 1 aliphatic rings. The fourth-order valence-corrected chi connectivity index (χ4v) is 1.91. The third kappa shape index (κ3) is 2.25. The molecule has 0 atom stereocenters. The number of hydrogen-bond acceptors (Lipinski definition) is 4. The van der Waals surface area contributed by atoms with E-state index in [2.05, 4.69) is 23.6 Å². The molecular formula is C10H20N2O2. The molecule has 0 spiro atoms. The van der Waals surface area contributed by atoms with Gasteiger partial charge in [0.15, 0.2) is 6.17 Å². The zero-order valence-electron chi connectivity index (χ0n) is 9.32. The lowest BCUT2D eigenvalue weighted by molar-refractivity contribution is -0.153. The first kappa shape index (κ1) is 11.5. The molecule has 1 saturated heterocycles. The van der Waals surface area contributed by atoms with E-state index in [0.29, 0.717) is 6.61 Å². The van der Waals surface area contributed by atoms with Crippen LogP contribution in [0.5, 0.6) is 0 Å². The van der Waals surface area contributed by atoms with Crippen LogP contribution in [0.2, 0.25) is 0 Å². The SMILES string of the molecule is CCOC(=O)C1N(CC)CCN1CC. The normalized spacial score (nSPS) is 20.2. The Morgan fingerprint density at radius 2 is 1.71 bits per heavy atom. The van der Waals surface area contributed by atoms with Crippen LogP contribution in [0.15, 0.2) is 0 Å². The quantitative estimate of drug-likeness (QED) is 0.620. The van der Waals surface area contributed by atoms with E-state index in [9.17, 15) is 4.79 Å². The minimum atomic E-state index is -0.148. The molecule has 1 rings (SSSR count). The number of carbonyl (C=O) groups excluding carboxylic acids is 1. The number of hydrogen-bond donors (Lipinski definition) is 0. The molecule has 1 heterocycles. The second-order valence-corrected chi connectivity index (χ2v) is 3.38. The van der Waals surface area contributed by atoms with E-state index in [1.165, 1.54) is 0 Å². The molecule has 0 aliphatic carbocycles. The number of carbonyl (C=O) groups is 1. The molecule has 0 aromatic heterocycles. The summed E-state index contributed by atoms with van der Waals surface area (Å²) >= 11 is 0. The Hall–Kier alpha value is -0.610. The second-order valence-electron chi connectivity index (χ2n) is 3.38. The van der Waals surface area contributed by atoms with E-state index in [-0.39, 0.29) is 12.1 Å². The predicted molar refractivity (Wildman–Crippen MR) is 54.9 cm³/mol. The van der Waals surface area contributed by atoms with Gasteiger partial charge in [0.05, 0.1) is 6.61 Å². The van der Waals surface area contributed by atoms with E-state index in [4.69, 9.17) is 4.74 Å². The first-order valence-electron chi connectivity index (χ1n) is 5.39. The molecule has 0 N–H and O–H groups in total. The van der Waals surface area contributed by atoms with Gasteiger partial charge in [0.25, 0.3) is 0 Å². The van der Waals surface area contributed by atoms with Gasteiger partial charge in [-0.15, -0.1) is 0 Å². The maximum atomic E-state index is 11.7. The van der Waals surface area contributed by atoms with Gasteiger partial charge in [-0.25, -0.2) is 4.79 Å². The van der Waals surface area contributed by atoms with Crippen molar-refractivity contribution in [3.8, 4) is 0 Å². The number of likely N-dealkylation sites (N-methyl/N-ethyl adjacent to an activating group) is 2. The highest BCUT2D eigenvalue weighted by Gasteiger charge is 2.36. The van der Waals surface area contributed by atoms with Crippen LogP contribution in [0.1, 0.15) is 20.8 Å². The zero-order valence-corrected chi connectivity index (χ0v) is 9.32. The van der Waals surface area contributed by atoms with Crippen LogP contribution in [0, 0.1) is 0 Å². The van der Waals surface area contributed by atoms with Crippen molar-refractivity contribution in [2.75, 3.05) is 32.8 Å². The predicted octanol–water partition coefficient (Wildman–Crippen LogP) is 0.533. The Kier molecular flexibility index (Phi) is 4.35. The maximum absolute atomic E-state index is 11.7. The van der Waals surface area contributed by atoms with Crippen LogP contribution in [-0.4, -0.2) is 54.7 Å². The average molecular weight is 200 g/mol. The summed E-state index contributed by atoms with van der Waals surface area (Å²) in [4.78, 5) is 16.0. The van der Waals surface area contributed by atoms with Crippen molar-refractivity contribution >= 4 is 5.97 Å². The minimum Gasteiger partial charge on any atom is -0.464 e. The third-order valence-electron chi connectivity index (χ3n) is 2.68. The van der Waals surface area contributed by atoms with Crippen molar-refractivity contribution in [1.29, 1.82) is 0 Å². The Labute approximate surface area is 85.8 Å². The van der Waals surface area contributed by atoms with Gasteiger partial charge in [-0.3, -0.25) is 9.80 Å². The lowest BCUT2D eigenvalue weighted by atomic mass is 10.4. The largest absolute Gasteiger partial charge is 0.464 e. The van der Waals surface area contributed by atoms with Crippen LogP contribution >= 0.6 is 0 Å². The molecule has 0 unspecified atom stereocenters. The molecule has 14 heavy (non-hydrogen) atoms. The summed E-state index contributed by atoms with van der Waals surface area (Å²) in [7, 11) is 0. The molecule has 4 nitrogen and oxygen atoms in total. The van der Waals surface area contributed by atoms with Crippen LogP contribution in [0.4, 0.5) is 0 Å². The molecule has 0 amide bonds. The molecule has 0 radical (unpaired) electrons. The third-order valence-corrected chi connectivity index (χ3v) is 2.68. The van der Waals surface area contributed by atoms with Crippen LogP contribution in [0.25, 0.3) is 0 Å². The second kappa shape index (κ2) is 5.32. The van der Waals surface area contributed by atoms with E-state index < -0.39 is 0 Å². The van der Waals surface area contributed by atoms with Gasteiger partial charge in [-0.2, -0.15) is 0 Å². The number of rotatable bonds is 4. The molecule has 1 fully saturated rings. The molecular weight excluding hydrogens is 180 g/mol. The zero-order chi connectivity index (χ0) is 10.6. The summed E-state index contributed by atoms with van der Waals surface area (Å²) < 4.78 is 5.07. The number of nitrogens with zero attached hydrogens (tertiary/aromatic N) is 2. The summed E-state index contributed by atoms with van der Waals surface area (Å²) in [6.45, 7) is 10.2. The molecule has 0 aromatic carbocycles. The summed E-state index contributed by atoms with van der Waals surface area (Å²) in [5, 5.41) is 0. The van der Waals surface area contributed by atoms with E-state index in [1.807, 2.05) is 6.92 Å². The topological polar surface area (TPSA) is 32.8 Å². The van der Waals surface area contributed by atoms with Gasteiger partial charge in [0.2, 0.25) is 0 Å². The molecule has 0 saturated carbocycles. The Morgan fingerprint density at radius 1 is 1.21 bits per heavy atom.